The number of aromatic nitrogens is 1. The number of nitrogens with one attached hydrogen (secondary N) is 2. The van der Waals surface area contributed by atoms with Crippen LogP contribution in [0.15, 0.2) is 47.8 Å². The Kier molecular flexibility index (Phi) is 5.38. The van der Waals surface area contributed by atoms with Crippen molar-refractivity contribution < 1.29 is 13.2 Å². The average molecular weight is 404 g/mol. The van der Waals surface area contributed by atoms with Crippen LogP contribution in [0.4, 0.5) is 11.4 Å². The Bertz CT molecular complexity index is 1070. The Morgan fingerprint density at radius 1 is 1.11 bits per heavy atom. The van der Waals surface area contributed by atoms with Crippen molar-refractivity contribution in [3.8, 4) is 0 Å². The van der Waals surface area contributed by atoms with Crippen molar-refractivity contribution in [3.63, 3.8) is 0 Å². The number of thiophene rings is 1. The minimum Gasteiger partial charge on any atom is -0.343 e. The number of carbonyl (C=O) groups is 1. The normalized spacial score (nSPS) is 11.4. The van der Waals surface area contributed by atoms with Gasteiger partial charge in [-0.2, -0.15) is 0 Å². The van der Waals surface area contributed by atoms with Crippen LogP contribution in [0.1, 0.15) is 26.6 Å². The highest BCUT2D eigenvalue weighted by atomic mass is 32.2. The van der Waals surface area contributed by atoms with E-state index < -0.39 is 10.0 Å². The molecule has 0 radical (unpaired) electrons. The quantitative estimate of drug-likeness (QED) is 0.656. The molecule has 0 fully saturated rings. The van der Waals surface area contributed by atoms with Gasteiger partial charge in [0.15, 0.2) is 0 Å². The standard InChI is InChI=1S/C19H21N3O3S2/c1-13-11-16(14(2)22(13)12-15-7-6-10-26-15)19(23)20-17-8-4-5-9-18(17)21-27(3,24)25/h4-11,21H,12H2,1-3H3,(H,20,23). The number of carbonyl (C=O) groups excluding carboxylic acids is 1. The summed E-state index contributed by atoms with van der Waals surface area (Å²) in [6, 6.07) is 12.6. The van der Waals surface area contributed by atoms with Crippen LogP contribution in [-0.4, -0.2) is 25.1 Å². The van der Waals surface area contributed by atoms with E-state index in [9.17, 15) is 13.2 Å². The molecule has 0 saturated heterocycles. The van der Waals surface area contributed by atoms with Gasteiger partial charge in [-0.15, -0.1) is 11.3 Å². The lowest BCUT2D eigenvalue weighted by Gasteiger charge is -2.12. The summed E-state index contributed by atoms with van der Waals surface area (Å²) in [6.07, 6.45) is 1.07. The Hall–Kier alpha value is -2.58. The van der Waals surface area contributed by atoms with Gasteiger partial charge in [-0.05, 0) is 43.5 Å². The predicted molar refractivity (Wildman–Crippen MR) is 110 cm³/mol. The summed E-state index contributed by atoms with van der Waals surface area (Å²) in [4.78, 5) is 14.0. The van der Waals surface area contributed by atoms with Crippen molar-refractivity contribution in [2.24, 2.45) is 0 Å². The van der Waals surface area contributed by atoms with Crippen molar-refractivity contribution in [2.75, 3.05) is 16.3 Å². The third kappa shape index (κ3) is 4.58. The third-order valence-corrected chi connectivity index (χ3v) is 5.63. The fourth-order valence-corrected chi connectivity index (χ4v) is 4.17. The zero-order valence-corrected chi connectivity index (χ0v) is 16.9. The molecule has 142 valence electrons. The average Bonchev–Trinajstić information content (AvgIpc) is 3.19. The van der Waals surface area contributed by atoms with Crippen LogP contribution < -0.4 is 10.0 Å². The molecule has 27 heavy (non-hydrogen) atoms. The molecule has 6 nitrogen and oxygen atoms in total. The van der Waals surface area contributed by atoms with Gasteiger partial charge in [0.25, 0.3) is 5.91 Å². The molecule has 8 heteroatoms. The van der Waals surface area contributed by atoms with Crippen LogP contribution in [0.2, 0.25) is 0 Å². The van der Waals surface area contributed by atoms with Crippen molar-refractivity contribution >= 4 is 38.6 Å². The fraction of sp³-hybridized carbons (Fsp3) is 0.211. The van der Waals surface area contributed by atoms with Crippen LogP contribution in [0.25, 0.3) is 0 Å². The van der Waals surface area contributed by atoms with Crippen molar-refractivity contribution in [2.45, 2.75) is 20.4 Å². The third-order valence-electron chi connectivity index (χ3n) is 4.18. The Morgan fingerprint density at radius 3 is 2.44 bits per heavy atom. The number of para-hydroxylation sites is 2. The van der Waals surface area contributed by atoms with Crippen LogP contribution in [0.3, 0.4) is 0 Å². The molecule has 2 heterocycles. The van der Waals surface area contributed by atoms with Gasteiger partial charge >= 0.3 is 0 Å². The summed E-state index contributed by atoms with van der Waals surface area (Å²) in [7, 11) is -3.44. The maximum atomic E-state index is 12.8. The second kappa shape index (κ2) is 7.58. The van der Waals surface area contributed by atoms with Gasteiger partial charge < -0.3 is 9.88 Å². The van der Waals surface area contributed by atoms with E-state index in [-0.39, 0.29) is 5.91 Å². The van der Waals surface area contributed by atoms with E-state index in [0.29, 0.717) is 16.9 Å². The molecule has 0 unspecified atom stereocenters. The maximum Gasteiger partial charge on any atom is 0.257 e. The molecule has 0 aliphatic rings. The predicted octanol–water partition coefficient (Wildman–Crippen LogP) is 3.84. The number of sulfonamides is 1. The van der Waals surface area contributed by atoms with E-state index in [0.717, 1.165) is 24.2 Å². The van der Waals surface area contributed by atoms with Gasteiger partial charge in [0, 0.05) is 16.3 Å². The monoisotopic (exact) mass is 403 g/mol. The van der Waals surface area contributed by atoms with Gasteiger partial charge in [-0.3, -0.25) is 9.52 Å². The van der Waals surface area contributed by atoms with Crippen molar-refractivity contribution in [3.05, 3.63) is 69.7 Å². The molecule has 1 aromatic carbocycles. The molecule has 3 rings (SSSR count). The lowest BCUT2D eigenvalue weighted by Crippen LogP contribution is -2.16. The minimum atomic E-state index is -3.44. The number of hydrogen-bond acceptors (Lipinski definition) is 4. The number of nitrogens with zero attached hydrogens (tertiary/aromatic N) is 1. The molecule has 0 aliphatic carbocycles. The molecule has 0 saturated carbocycles. The summed E-state index contributed by atoms with van der Waals surface area (Å²) in [6.45, 7) is 4.60. The number of benzene rings is 1. The first-order valence-corrected chi connectivity index (χ1v) is 11.1. The lowest BCUT2D eigenvalue weighted by atomic mass is 10.2. The van der Waals surface area contributed by atoms with Crippen LogP contribution >= 0.6 is 11.3 Å². The van der Waals surface area contributed by atoms with E-state index in [2.05, 4.69) is 20.7 Å². The van der Waals surface area contributed by atoms with Gasteiger partial charge in [0.2, 0.25) is 10.0 Å². The first-order valence-electron chi connectivity index (χ1n) is 8.32. The molecule has 1 amide bonds. The number of amides is 1. The summed E-state index contributed by atoms with van der Waals surface area (Å²) in [5.74, 6) is -0.275. The van der Waals surface area contributed by atoms with E-state index in [1.807, 2.05) is 31.4 Å². The molecular weight excluding hydrogens is 382 g/mol. The Balaban J connectivity index is 1.86. The number of rotatable bonds is 6. The van der Waals surface area contributed by atoms with Gasteiger partial charge in [0.05, 0.1) is 29.7 Å². The van der Waals surface area contributed by atoms with Gasteiger partial charge in [0.1, 0.15) is 0 Å². The first-order chi connectivity index (χ1) is 12.7. The highest BCUT2D eigenvalue weighted by Gasteiger charge is 2.18. The molecule has 0 atom stereocenters. The fourth-order valence-electron chi connectivity index (χ4n) is 2.90. The molecular formula is C19H21N3O3S2. The Morgan fingerprint density at radius 2 is 1.81 bits per heavy atom. The molecule has 2 N–H and O–H groups in total. The number of hydrogen-bond donors (Lipinski definition) is 2. The topological polar surface area (TPSA) is 80.2 Å². The second-order valence-electron chi connectivity index (χ2n) is 6.32. The van der Waals surface area contributed by atoms with Gasteiger partial charge in [-0.1, -0.05) is 18.2 Å². The second-order valence-corrected chi connectivity index (χ2v) is 9.10. The van der Waals surface area contributed by atoms with E-state index in [1.54, 1.807) is 35.6 Å². The molecule has 0 bridgehead atoms. The molecule has 0 aliphatic heterocycles. The highest BCUT2D eigenvalue weighted by Crippen LogP contribution is 2.25. The van der Waals surface area contributed by atoms with Crippen molar-refractivity contribution in [1.82, 2.24) is 4.57 Å². The lowest BCUT2D eigenvalue weighted by molar-refractivity contribution is 0.102. The SMILES string of the molecule is Cc1cc(C(=O)Nc2ccccc2NS(C)(=O)=O)c(C)n1Cc1cccs1. The van der Waals surface area contributed by atoms with Crippen LogP contribution in [0.5, 0.6) is 0 Å². The maximum absolute atomic E-state index is 12.8. The van der Waals surface area contributed by atoms with E-state index in [1.165, 1.54) is 4.88 Å². The molecule has 2 aromatic heterocycles. The first kappa shape index (κ1) is 19.2. The number of anilines is 2. The summed E-state index contributed by atoms with van der Waals surface area (Å²) < 4.78 is 27.6. The minimum absolute atomic E-state index is 0.275. The smallest absolute Gasteiger partial charge is 0.257 e. The highest BCUT2D eigenvalue weighted by molar-refractivity contribution is 7.92. The number of aryl methyl sites for hydroxylation is 1. The van der Waals surface area contributed by atoms with Crippen LogP contribution in [0, 0.1) is 13.8 Å². The summed E-state index contributed by atoms with van der Waals surface area (Å²) in [5.41, 5.74) is 3.18. The zero-order valence-electron chi connectivity index (χ0n) is 15.3. The summed E-state index contributed by atoms with van der Waals surface area (Å²) >= 11 is 1.68. The van der Waals surface area contributed by atoms with Crippen molar-refractivity contribution in [1.29, 1.82) is 0 Å². The molecule has 3 aromatic rings. The largest absolute Gasteiger partial charge is 0.343 e. The zero-order chi connectivity index (χ0) is 19.6. The van der Waals surface area contributed by atoms with Gasteiger partial charge in [-0.25, -0.2) is 8.42 Å². The summed E-state index contributed by atoms with van der Waals surface area (Å²) in [5, 5.41) is 4.84. The van der Waals surface area contributed by atoms with Crippen LogP contribution in [-0.2, 0) is 16.6 Å². The molecule has 0 spiro atoms. The van der Waals surface area contributed by atoms with E-state index in [4.69, 9.17) is 0 Å². The Labute approximate surface area is 162 Å². The van der Waals surface area contributed by atoms with E-state index >= 15 is 0 Å².